The van der Waals surface area contributed by atoms with E-state index in [1.807, 2.05) is 36.4 Å². The van der Waals surface area contributed by atoms with E-state index in [4.69, 9.17) is 9.47 Å². The monoisotopic (exact) mass is 356 g/mol. The van der Waals surface area contributed by atoms with Gasteiger partial charge >= 0.3 is 0 Å². The summed E-state index contributed by atoms with van der Waals surface area (Å²) in [5.41, 5.74) is 1.93. The van der Waals surface area contributed by atoms with Gasteiger partial charge in [0, 0.05) is 6.54 Å². The zero-order chi connectivity index (χ0) is 18.8. The Morgan fingerprint density at radius 3 is 2.38 bits per heavy atom. The van der Waals surface area contributed by atoms with Crippen molar-refractivity contribution in [3.8, 4) is 11.5 Å². The molecule has 0 saturated heterocycles. The van der Waals surface area contributed by atoms with Crippen LogP contribution in [0.2, 0.25) is 0 Å². The van der Waals surface area contributed by atoms with Gasteiger partial charge in [-0.05, 0) is 49.2 Å². The van der Waals surface area contributed by atoms with Crippen LogP contribution in [0.1, 0.15) is 18.9 Å². The van der Waals surface area contributed by atoms with Crippen LogP contribution in [0.4, 0.5) is 5.69 Å². The lowest BCUT2D eigenvalue weighted by Crippen LogP contribution is -2.35. The van der Waals surface area contributed by atoms with Gasteiger partial charge in [0.1, 0.15) is 11.5 Å². The zero-order valence-corrected chi connectivity index (χ0v) is 15.8. The van der Waals surface area contributed by atoms with Crippen molar-refractivity contribution in [2.75, 3.05) is 39.2 Å². The van der Waals surface area contributed by atoms with Crippen molar-refractivity contribution in [2.24, 2.45) is 0 Å². The third-order valence-corrected chi connectivity index (χ3v) is 4.16. The fourth-order valence-corrected chi connectivity index (χ4v) is 2.81. The minimum absolute atomic E-state index is 0.0299. The highest BCUT2D eigenvalue weighted by molar-refractivity contribution is 5.93. The molecule has 2 aromatic rings. The molecule has 0 fully saturated rings. The second-order valence-corrected chi connectivity index (χ2v) is 6.12. The first-order valence-corrected chi connectivity index (χ1v) is 8.94. The Hall–Kier alpha value is -2.53. The number of rotatable bonds is 10. The third-order valence-electron chi connectivity index (χ3n) is 4.16. The number of anilines is 1. The van der Waals surface area contributed by atoms with Crippen LogP contribution in [0, 0.1) is 0 Å². The normalized spacial score (nSPS) is 10.6. The Balaban J connectivity index is 1.90. The Kier molecular flexibility index (Phi) is 7.96. The molecule has 2 rings (SSSR count). The molecule has 1 N–H and O–H groups in total. The van der Waals surface area contributed by atoms with Crippen LogP contribution >= 0.6 is 0 Å². The van der Waals surface area contributed by atoms with E-state index < -0.39 is 0 Å². The fraction of sp³-hybridized carbons (Fsp3) is 0.381. The number of nitrogens with zero attached hydrogens (tertiary/aromatic N) is 1. The first kappa shape index (κ1) is 19.8. The van der Waals surface area contributed by atoms with Gasteiger partial charge < -0.3 is 14.8 Å². The quantitative estimate of drug-likeness (QED) is 0.707. The summed E-state index contributed by atoms with van der Waals surface area (Å²) in [7, 11) is 3.27. The van der Waals surface area contributed by atoms with Gasteiger partial charge in [0.25, 0.3) is 0 Å². The van der Waals surface area contributed by atoms with Gasteiger partial charge in [0.15, 0.2) is 0 Å². The highest BCUT2D eigenvalue weighted by atomic mass is 16.5. The molecule has 0 aromatic heterocycles. The standard InChI is InChI=1S/C21H28N2O3/c1-4-14-23(15-13-17-9-11-18(25-2)12-10-17)16-21(24)22-19-7-5-6-8-20(19)26-3/h5-12H,4,13-16H2,1-3H3,(H,22,24). The van der Waals surface area contributed by atoms with E-state index in [1.54, 1.807) is 14.2 Å². The summed E-state index contributed by atoms with van der Waals surface area (Å²) in [5.74, 6) is 1.49. The molecular formula is C21H28N2O3. The molecule has 0 bridgehead atoms. The third kappa shape index (κ3) is 6.08. The average Bonchev–Trinajstić information content (AvgIpc) is 2.67. The van der Waals surface area contributed by atoms with E-state index >= 15 is 0 Å². The Morgan fingerprint density at radius 1 is 1.00 bits per heavy atom. The van der Waals surface area contributed by atoms with Gasteiger partial charge in [-0.25, -0.2) is 0 Å². The summed E-state index contributed by atoms with van der Waals surface area (Å²) in [5, 5.41) is 2.94. The molecule has 2 aromatic carbocycles. The second-order valence-electron chi connectivity index (χ2n) is 6.12. The Labute approximate surface area is 155 Å². The van der Waals surface area contributed by atoms with Crippen molar-refractivity contribution in [1.82, 2.24) is 4.90 Å². The van der Waals surface area contributed by atoms with Gasteiger partial charge in [0.05, 0.1) is 26.5 Å². The number of para-hydroxylation sites is 2. The first-order valence-electron chi connectivity index (χ1n) is 8.94. The molecule has 0 aliphatic carbocycles. The first-order chi connectivity index (χ1) is 12.7. The van der Waals surface area contributed by atoms with Gasteiger partial charge in [0.2, 0.25) is 5.91 Å². The predicted octanol–water partition coefficient (Wildman–Crippen LogP) is 3.60. The smallest absolute Gasteiger partial charge is 0.238 e. The molecule has 0 saturated carbocycles. The lowest BCUT2D eigenvalue weighted by atomic mass is 10.1. The maximum atomic E-state index is 12.4. The molecule has 5 nitrogen and oxygen atoms in total. The van der Waals surface area contributed by atoms with Gasteiger partial charge in [-0.2, -0.15) is 0 Å². The number of ether oxygens (including phenoxy) is 2. The number of amides is 1. The SMILES string of the molecule is CCCN(CCc1ccc(OC)cc1)CC(=O)Nc1ccccc1OC. The molecule has 0 aliphatic rings. The van der Waals surface area contributed by atoms with Crippen LogP contribution < -0.4 is 14.8 Å². The fourth-order valence-electron chi connectivity index (χ4n) is 2.81. The number of carbonyl (C=O) groups excluding carboxylic acids is 1. The summed E-state index contributed by atoms with van der Waals surface area (Å²) < 4.78 is 10.5. The Bertz CT molecular complexity index is 686. The maximum Gasteiger partial charge on any atom is 0.238 e. The van der Waals surface area contributed by atoms with Crippen molar-refractivity contribution in [1.29, 1.82) is 0 Å². The molecular weight excluding hydrogens is 328 g/mol. The Morgan fingerprint density at radius 2 is 1.73 bits per heavy atom. The molecule has 26 heavy (non-hydrogen) atoms. The molecule has 0 atom stereocenters. The molecule has 0 unspecified atom stereocenters. The predicted molar refractivity (Wildman–Crippen MR) is 105 cm³/mol. The van der Waals surface area contributed by atoms with Crippen LogP contribution in [-0.4, -0.2) is 44.7 Å². The van der Waals surface area contributed by atoms with Crippen LogP contribution in [0.15, 0.2) is 48.5 Å². The molecule has 0 spiro atoms. The number of hydrogen-bond donors (Lipinski definition) is 1. The van der Waals surface area contributed by atoms with Crippen LogP contribution in [0.3, 0.4) is 0 Å². The van der Waals surface area contributed by atoms with Crippen LogP contribution in [0.5, 0.6) is 11.5 Å². The summed E-state index contributed by atoms with van der Waals surface area (Å²) in [4.78, 5) is 14.6. The number of methoxy groups -OCH3 is 2. The highest BCUT2D eigenvalue weighted by Gasteiger charge is 2.12. The average molecular weight is 356 g/mol. The van der Waals surface area contributed by atoms with Crippen molar-refractivity contribution < 1.29 is 14.3 Å². The van der Waals surface area contributed by atoms with Gasteiger partial charge in [-0.3, -0.25) is 9.69 Å². The molecule has 0 aliphatic heterocycles. The number of carbonyl (C=O) groups is 1. The largest absolute Gasteiger partial charge is 0.497 e. The van der Waals surface area contributed by atoms with Gasteiger partial charge in [-0.1, -0.05) is 31.2 Å². The topological polar surface area (TPSA) is 50.8 Å². The van der Waals surface area contributed by atoms with E-state index in [0.29, 0.717) is 18.0 Å². The lowest BCUT2D eigenvalue weighted by molar-refractivity contribution is -0.117. The zero-order valence-electron chi connectivity index (χ0n) is 15.8. The van der Waals surface area contributed by atoms with E-state index in [0.717, 1.165) is 31.7 Å². The molecule has 5 heteroatoms. The minimum atomic E-state index is -0.0299. The molecule has 140 valence electrons. The van der Waals surface area contributed by atoms with E-state index in [2.05, 4.69) is 29.3 Å². The second kappa shape index (κ2) is 10.5. The summed E-state index contributed by atoms with van der Waals surface area (Å²) in [6.45, 7) is 4.20. The van der Waals surface area contributed by atoms with Crippen molar-refractivity contribution >= 4 is 11.6 Å². The van der Waals surface area contributed by atoms with E-state index in [9.17, 15) is 4.79 Å². The summed E-state index contributed by atoms with van der Waals surface area (Å²) >= 11 is 0. The molecule has 0 radical (unpaired) electrons. The highest BCUT2D eigenvalue weighted by Crippen LogP contribution is 2.22. The summed E-state index contributed by atoms with van der Waals surface area (Å²) in [6.07, 6.45) is 1.90. The van der Waals surface area contributed by atoms with E-state index in [-0.39, 0.29) is 5.91 Å². The molecule has 0 heterocycles. The number of nitrogens with one attached hydrogen (secondary N) is 1. The van der Waals surface area contributed by atoms with Gasteiger partial charge in [-0.15, -0.1) is 0 Å². The van der Waals surface area contributed by atoms with E-state index in [1.165, 1.54) is 5.56 Å². The van der Waals surface area contributed by atoms with Crippen LogP contribution in [0.25, 0.3) is 0 Å². The van der Waals surface area contributed by atoms with Crippen molar-refractivity contribution in [3.63, 3.8) is 0 Å². The molecule has 1 amide bonds. The maximum absolute atomic E-state index is 12.4. The van der Waals surface area contributed by atoms with Crippen molar-refractivity contribution in [2.45, 2.75) is 19.8 Å². The number of benzene rings is 2. The van der Waals surface area contributed by atoms with Crippen molar-refractivity contribution in [3.05, 3.63) is 54.1 Å². The lowest BCUT2D eigenvalue weighted by Gasteiger charge is -2.21. The van der Waals surface area contributed by atoms with Crippen LogP contribution in [-0.2, 0) is 11.2 Å². The minimum Gasteiger partial charge on any atom is -0.497 e. The number of hydrogen-bond acceptors (Lipinski definition) is 4. The summed E-state index contributed by atoms with van der Waals surface area (Å²) in [6, 6.07) is 15.5.